The number of likely N-dealkylation sites (tertiary alicyclic amines) is 1. The molecule has 1 aliphatic heterocycles. The van der Waals surface area contributed by atoms with Crippen LogP contribution in [0.15, 0.2) is 40.1 Å². The topological polar surface area (TPSA) is 74.6 Å². The Morgan fingerprint density at radius 1 is 1.21 bits per heavy atom. The molecule has 10 heteroatoms. The first kappa shape index (κ1) is 23.5. The van der Waals surface area contributed by atoms with Crippen LogP contribution in [-0.2, 0) is 11.3 Å². The Bertz CT molecular complexity index is 1260. The quantitative estimate of drug-likeness (QED) is 0.510. The summed E-state index contributed by atoms with van der Waals surface area (Å²) < 4.78 is 31.5. The zero-order valence-electron chi connectivity index (χ0n) is 18.0. The van der Waals surface area contributed by atoms with E-state index in [4.69, 9.17) is 11.6 Å². The number of nitrogens with zero attached hydrogens (tertiary/aromatic N) is 2. The van der Waals surface area contributed by atoms with Gasteiger partial charge in [-0.2, -0.15) is 0 Å². The van der Waals surface area contributed by atoms with E-state index in [9.17, 15) is 19.1 Å². The summed E-state index contributed by atoms with van der Waals surface area (Å²) in [6.07, 6.45) is 0. The monoisotopic (exact) mass is 493 g/mol. The van der Waals surface area contributed by atoms with Crippen molar-refractivity contribution in [2.75, 3.05) is 26.7 Å². The molecule has 0 bridgehead atoms. The lowest BCUT2D eigenvalue weighted by Gasteiger charge is -2.39. The molecule has 1 fully saturated rings. The summed E-state index contributed by atoms with van der Waals surface area (Å²) in [6, 6.07) is 7.15. The van der Waals surface area contributed by atoms with Crippen molar-refractivity contribution in [3.8, 4) is 0 Å². The Balaban J connectivity index is 1.73. The molecule has 174 valence electrons. The van der Waals surface area contributed by atoms with Gasteiger partial charge in [0.15, 0.2) is 11.6 Å². The van der Waals surface area contributed by atoms with Gasteiger partial charge in [-0.3, -0.25) is 4.79 Å². The normalized spacial score (nSPS) is 14.0. The number of carbonyl (C=O) groups is 2. The van der Waals surface area contributed by atoms with Crippen molar-refractivity contribution in [1.29, 1.82) is 0 Å². The Morgan fingerprint density at radius 2 is 1.94 bits per heavy atom. The standard InChI is InChI=1S/C23H22ClF2N3O3S/c1-12-22(33-17-5-3-4-14(19(17)25)23(31)32)15-6-7-16(24)20(26)21(15)29(12)11-18(30)28-9-13(10-28)8-27-2/h3-7,13,27H,8-11H2,1-2H3,(H,31,32). The predicted molar refractivity (Wildman–Crippen MR) is 123 cm³/mol. The molecular formula is C23H22ClF2N3O3S. The van der Waals surface area contributed by atoms with E-state index in [1.54, 1.807) is 22.5 Å². The fourth-order valence-electron chi connectivity index (χ4n) is 4.09. The first-order valence-electron chi connectivity index (χ1n) is 10.3. The Morgan fingerprint density at radius 3 is 2.61 bits per heavy atom. The molecule has 4 rings (SSSR count). The van der Waals surface area contributed by atoms with Crippen molar-refractivity contribution in [1.82, 2.24) is 14.8 Å². The fourth-order valence-corrected chi connectivity index (χ4v) is 5.34. The number of hydrogen-bond donors (Lipinski definition) is 2. The second kappa shape index (κ2) is 9.32. The van der Waals surface area contributed by atoms with Gasteiger partial charge in [-0.05, 0) is 38.2 Å². The van der Waals surface area contributed by atoms with Crippen LogP contribution >= 0.6 is 23.4 Å². The summed E-state index contributed by atoms with van der Waals surface area (Å²) in [6.45, 7) is 3.74. The van der Waals surface area contributed by atoms with Crippen LogP contribution in [0.2, 0.25) is 5.02 Å². The van der Waals surface area contributed by atoms with Crippen LogP contribution in [0.4, 0.5) is 8.78 Å². The lowest BCUT2D eigenvalue weighted by Crippen LogP contribution is -2.53. The van der Waals surface area contributed by atoms with E-state index in [1.807, 2.05) is 7.05 Å². The molecular weight excluding hydrogens is 472 g/mol. The van der Waals surface area contributed by atoms with Crippen LogP contribution in [0.1, 0.15) is 16.1 Å². The highest BCUT2D eigenvalue weighted by Crippen LogP contribution is 2.41. The van der Waals surface area contributed by atoms with Gasteiger partial charge in [-0.1, -0.05) is 29.4 Å². The molecule has 0 atom stereocenters. The van der Waals surface area contributed by atoms with Crippen molar-refractivity contribution < 1.29 is 23.5 Å². The van der Waals surface area contributed by atoms with Crippen LogP contribution in [0, 0.1) is 24.5 Å². The second-order valence-corrected chi connectivity index (χ2v) is 9.46. The molecule has 1 saturated heterocycles. The maximum Gasteiger partial charge on any atom is 0.338 e. The smallest absolute Gasteiger partial charge is 0.338 e. The van der Waals surface area contributed by atoms with Crippen LogP contribution in [0.25, 0.3) is 10.9 Å². The van der Waals surface area contributed by atoms with Gasteiger partial charge in [0, 0.05) is 46.4 Å². The summed E-state index contributed by atoms with van der Waals surface area (Å²) in [5.74, 6) is -2.64. The van der Waals surface area contributed by atoms with Crippen LogP contribution in [-0.4, -0.2) is 53.1 Å². The number of carbonyl (C=O) groups excluding carboxylic acids is 1. The molecule has 33 heavy (non-hydrogen) atoms. The molecule has 2 heterocycles. The number of aromatic nitrogens is 1. The number of carboxylic acid groups (broad SMARTS) is 1. The lowest BCUT2D eigenvalue weighted by molar-refractivity contribution is -0.138. The fraction of sp³-hybridized carbons (Fsp3) is 0.304. The molecule has 0 saturated carbocycles. The molecule has 2 N–H and O–H groups in total. The van der Waals surface area contributed by atoms with Crippen molar-refractivity contribution in [3.05, 3.63) is 58.2 Å². The SMILES string of the molecule is CNCC1CN(C(=O)Cn2c(C)c(Sc3cccc(C(=O)O)c3F)c3ccc(Cl)c(F)c32)C1. The van der Waals surface area contributed by atoms with E-state index >= 15 is 4.39 Å². The highest BCUT2D eigenvalue weighted by atomic mass is 35.5. The highest BCUT2D eigenvalue weighted by Gasteiger charge is 2.31. The number of nitrogens with one attached hydrogen (secondary N) is 1. The van der Waals surface area contributed by atoms with Crippen LogP contribution in [0.5, 0.6) is 0 Å². The van der Waals surface area contributed by atoms with Gasteiger partial charge >= 0.3 is 5.97 Å². The third-order valence-electron chi connectivity index (χ3n) is 5.82. The van der Waals surface area contributed by atoms with Gasteiger partial charge in [0.2, 0.25) is 5.91 Å². The van der Waals surface area contributed by atoms with Gasteiger partial charge < -0.3 is 19.9 Å². The molecule has 1 amide bonds. The van der Waals surface area contributed by atoms with E-state index in [2.05, 4.69) is 5.32 Å². The summed E-state index contributed by atoms with van der Waals surface area (Å²) in [5.41, 5.74) is 0.287. The third kappa shape index (κ3) is 4.32. The number of fused-ring (bicyclic) bond motifs is 1. The van der Waals surface area contributed by atoms with Crippen molar-refractivity contribution in [2.45, 2.75) is 23.3 Å². The van der Waals surface area contributed by atoms with Gasteiger partial charge in [0.05, 0.1) is 16.1 Å². The van der Waals surface area contributed by atoms with E-state index in [1.165, 1.54) is 24.3 Å². The Labute approximate surface area is 198 Å². The molecule has 2 aromatic carbocycles. The number of carboxylic acids is 1. The van der Waals surface area contributed by atoms with Crippen LogP contribution < -0.4 is 5.32 Å². The minimum Gasteiger partial charge on any atom is -0.478 e. The minimum absolute atomic E-state index is 0.0793. The number of benzene rings is 2. The molecule has 0 aliphatic carbocycles. The summed E-state index contributed by atoms with van der Waals surface area (Å²) in [5, 5.41) is 12.7. The van der Waals surface area contributed by atoms with Gasteiger partial charge in [0.1, 0.15) is 6.54 Å². The molecule has 1 aliphatic rings. The maximum atomic E-state index is 15.1. The molecule has 3 aromatic rings. The lowest BCUT2D eigenvalue weighted by atomic mass is 10.0. The number of halogens is 3. The Kier molecular flexibility index (Phi) is 6.65. The Hall–Kier alpha value is -2.62. The molecule has 0 unspecified atom stereocenters. The zero-order valence-corrected chi connectivity index (χ0v) is 19.6. The number of rotatable bonds is 7. The maximum absolute atomic E-state index is 15.1. The van der Waals surface area contributed by atoms with E-state index in [0.717, 1.165) is 18.3 Å². The zero-order chi connectivity index (χ0) is 23.9. The number of amides is 1. The van der Waals surface area contributed by atoms with E-state index in [0.29, 0.717) is 35.0 Å². The van der Waals surface area contributed by atoms with E-state index in [-0.39, 0.29) is 27.9 Å². The predicted octanol–water partition coefficient (Wildman–Crippen LogP) is 4.41. The summed E-state index contributed by atoms with van der Waals surface area (Å²) >= 11 is 7.03. The van der Waals surface area contributed by atoms with Crippen LogP contribution in [0.3, 0.4) is 0 Å². The third-order valence-corrected chi connectivity index (χ3v) is 7.37. The van der Waals surface area contributed by atoms with Gasteiger partial charge in [-0.25, -0.2) is 13.6 Å². The minimum atomic E-state index is -1.37. The van der Waals surface area contributed by atoms with E-state index < -0.39 is 23.2 Å². The average molecular weight is 494 g/mol. The second-order valence-electron chi connectivity index (χ2n) is 8.01. The number of aromatic carboxylic acids is 1. The first-order valence-corrected chi connectivity index (χ1v) is 11.5. The molecule has 0 spiro atoms. The van der Waals surface area contributed by atoms with Crippen molar-refractivity contribution >= 4 is 46.1 Å². The average Bonchev–Trinajstić information content (AvgIpc) is 3.00. The molecule has 6 nitrogen and oxygen atoms in total. The first-order chi connectivity index (χ1) is 15.7. The van der Waals surface area contributed by atoms with Crippen molar-refractivity contribution in [3.63, 3.8) is 0 Å². The van der Waals surface area contributed by atoms with Gasteiger partial charge in [-0.15, -0.1) is 0 Å². The summed E-state index contributed by atoms with van der Waals surface area (Å²) in [7, 11) is 1.86. The van der Waals surface area contributed by atoms with Gasteiger partial charge in [0.25, 0.3) is 0 Å². The number of hydrogen-bond acceptors (Lipinski definition) is 4. The van der Waals surface area contributed by atoms with Crippen molar-refractivity contribution in [2.24, 2.45) is 5.92 Å². The highest BCUT2D eigenvalue weighted by molar-refractivity contribution is 7.99. The largest absolute Gasteiger partial charge is 0.478 e. The summed E-state index contributed by atoms with van der Waals surface area (Å²) in [4.78, 5) is 26.5. The molecule has 1 aromatic heterocycles. The molecule has 0 radical (unpaired) electrons.